The van der Waals surface area contributed by atoms with E-state index in [2.05, 4.69) is 99.0 Å². The normalized spacial score (nSPS) is 13.9. The molecule has 0 fully saturated rings. The number of esters is 1. The highest BCUT2D eigenvalue weighted by Gasteiger charge is 2.24. The van der Waals surface area contributed by atoms with Crippen LogP contribution in [0, 0.1) is 0 Å². The van der Waals surface area contributed by atoms with Gasteiger partial charge in [-0.25, -0.2) is 0 Å². The highest BCUT2D eigenvalue weighted by molar-refractivity contribution is 5.77. The Morgan fingerprint density at radius 2 is 0.983 bits per heavy atom. The van der Waals surface area contributed by atoms with Crippen molar-refractivity contribution in [1.29, 1.82) is 0 Å². The second-order valence-electron chi connectivity index (χ2n) is 16.9. The van der Waals surface area contributed by atoms with Crippen molar-refractivity contribution in [2.75, 3.05) is 6.61 Å². The molecule has 0 aromatic heterocycles. The maximum absolute atomic E-state index is 13.2. The fourth-order valence-electron chi connectivity index (χ4n) is 7.33. The van der Waals surface area contributed by atoms with E-state index in [1.54, 1.807) is 0 Å². The van der Waals surface area contributed by atoms with E-state index < -0.39 is 18.2 Å². The van der Waals surface area contributed by atoms with Crippen LogP contribution in [0.4, 0.5) is 0 Å². The minimum atomic E-state index is -0.800. The third-order valence-electron chi connectivity index (χ3n) is 11.1. The molecule has 6 heteroatoms. The van der Waals surface area contributed by atoms with Gasteiger partial charge < -0.3 is 20.3 Å². The summed E-state index contributed by atoms with van der Waals surface area (Å²) in [6.07, 6.45) is 59.6. The summed E-state index contributed by atoms with van der Waals surface area (Å²) >= 11 is 0. The molecule has 3 unspecified atom stereocenters. The number of carbonyl (C=O) groups excluding carboxylic acids is 2. The lowest BCUT2D eigenvalue weighted by Gasteiger charge is -2.24. The molecule has 6 nitrogen and oxygen atoms in total. The number of aliphatic hydroxyl groups is 2. The fourth-order valence-corrected chi connectivity index (χ4v) is 7.33. The van der Waals surface area contributed by atoms with Gasteiger partial charge in [0.1, 0.15) is 6.10 Å². The van der Waals surface area contributed by atoms with Crippen LogP contribution in [0.15, 0.2) is 72.9 Å². The molecule has 0 saturated carbocycles. The Labute approximate surface area is 371 Å². The zero-order valence-electron chi connectivity index (χ0n) is 39.3. The molecule has 3 N–H and O–H groups in total. The number of unbranched alkanes of at least 4 members (excludes halogenated alkanes) is 22. The van der Waals surface area contributed by atoms with Gasteiger partial charge in [0.25, 0.3) is 0 Å². The summed E-state index contributed by atoms with van der Waals surface area (Å²) in [7, 11) is 0. The van der Waals surface area contributed by atoms with Crippen LogP contribution in [0.2, 0.25) is 0 Å². The van der Waals surface area contributed by atoms with Crippen molar-refractivity contribution in [3.8, 4) is 0 Å². The number of rotatable bonds is 44. The summed E-state index contributed by atoms with van der Waals surface area (Å²) in [6.45, 7) is 6.23. The second kappa shape index (κ2) is 47.4. The number of carbonyl (C=O) groups is 2. The van der Waals surface area contributed by atoms with Crippen LogP contribution in [0.3, 0.4) is 0 Å². The first kappa shape index (κ1) is 57.3. The summed E-state index contributed by atoms with van der Waals surface area (Å²) in [4.78, 5) is 26.1. The Hall–Kier alpha value is -2.70. The molecule has 0 aromatic carbocycles. The first-order valence-electron chi connectivity index (χ1n) is 25.2. The standard InChI is InChI=1S/C54H95NO5/c1-4-7-10-13-16-19-22-25-28-31-34-37-40-43-46-52(57)51(49-56)55-53(58)48-50(45-42-39-36-33-30-27-24-21-18-15-12-9-6-3)60-54(59)47-44-41-38-35-32-29-26-23-20-17-14-11-8-5-2/h8-9,11-12,15,17-18,20-21,24,26,29,50-52,56-57H,4-7,10,13-14,16,19,22-23,25,27-28,30-49H2,1-3H3,(H,55,58)/b11-8+,12-9+,18-15+,20-17+,24-21+,29-26+. The Balaban J connectivity index is 4.63. The van der Waals surface area contributed by atoms with Crippen LogP contribution < -0.4 is 5.32 Å². The van der Waals surface area contributed by atoms with E-state index in [0.29, 0.717) is 19.3 Å². The lowest BCUT2D eigenvalue weighted by molar-refractivity contribution is -0.151. The molecule has 0 radical (unpaired) electrons. The van der Waals surface area contributed by atoms with E-state index >= 15 is 0 Å². The Bertz CT molecular complexity index is 1120. The molecule has 346 valence electrons. The quantitative estimate of drug-likeness (QED) is 0.0246. The second-order valence-corrected chi connectivity index (χ2v) is 16.9. The Kier molecular flexibility index (Phi) is 45.2. The van der Waals surface area contributed by atoms with Gasteiger partial charge in [0, 0.05) is 6.42 Å². The first-order chi connectivity index (χ1) is 29.5. The zero-order valence-corrected chi connectivity index (χ0v) is 39.3. The monoisotopic (exact) mass is 838 g/mol. The van der Waals surface area contributed by atoms with Crippen LogP contribution >= 0.6 is 0 Å². The molecule has 0 spiro atoms. The zero-order chi connectivity index (χ0) is 43.8. The molecule has 0 aliphatic heterocycles. The molecule has 0 saturated heterocycles. The number of amides is 1. The molecule has 0 aromatic rings. The molecule has 0 aliphatic rings. The number of hydrogen-bond acceptors (Lipinski definition) is 5. The van der Waals surface area contributed by atoms with Crippen LogP contribution in [-0.4, -0.2) is 46.9 Å². The predicted octanol–water partition coefficient (Wildman–Crippen LogP) is 15.0. The topological polar surface area (TPSA) is 95.9 Å². The average Bonchev–Trinajstić information content (AvgIpc) is 3.24. The predicted molar refractivity (Wildman–Crippen MR) is 259 cm³/mol. The Morgan fingerprint density at radius 3 is 1.55 bits per heavy atom. The molecule has 0 bridgehead atoms. The van der Waals surface area contributed by atoms with Gasteiger partial charge in [-0.15, -0.1) is 0 Å². The van der Waals surface area contributed by atoms with Gasteiger partial charge in [0.15, 0.2) is 0 Å². The maximum atomic E-state index is 13.2. The van der Waals surface area contributed by atoms with Crippen LogP contribution in [0.25, 0.3) is 0 Å². The van der Waals surface area contributed by atoms with Crippen molar-refractivity contribution in [1.82, 2.24) is 5.32 Å². The van der Waals surface area contributed by atoms with Gasteiger partial charge in [-0.1, -0.05) is 216 Å². The molecule has 3 atom stereocenters. The van der Waals surface area contributed by atoms with E-state index in [4.69, 9.17) is 4.74 Å². The van der Waals surface area contributed by atoms with E-state index in [9.17, 15) is 19.8 Å². The minimum Gasteiger partial charge on any atom is -0.462 e. The molecule has 0 aliphatic carbocycles. The van der Waals surface area contributed by atoms with Gasteiger partial charge in [-0.3, -0.25) is 9.59 Å². The van der Waals surface area contributed by atoms with Crippen molar-refractivity contribution in [2.24, 2.45) is 0 Å². The summed E-state index contributed by atoms with van der Waals surface area (Å²) in [5.74, 6) is -0.523. The summed E-state index contributed by atoms with van der Waals surface area (Å²) in [5, 5.41) is 23.8. The first-order valence-corrected chi connectivity index (χ1v) is 25.2. The fraction of sp³-hybridized carbons (Fsp3) is 0.741. The number of allylic oxidation sites excluding steroid dienone is 12. The van der Waals surface area contributed by atoms with Gasteiger partial charge in [0.2, 0.25) is 5.91 Å². The van der Waals surface area contributed by atoms with Crippen LogP contribution in [0.5, 0.6) is 0 Å². The molecule has 0 rings (SSSR count). The Morgan fingerprint density at radius 1 is 0.517 bits per heavy atom. The number of aliphatic hydroxyl groups excluding tert-OH is 2. The largest absolute Gasteiger partial charge is 0.462 e. The van der Waals surface area contributed by atoms with Crippen molar-refractivity contribution in [2.45, 2.75) is 251 Å². The molecular weight excluding hydrogens is 743 g/mol. The lowest BCUT2D eigenvalue weighted by atomic mass is 10.0. The highest BCUT2D eigenvalue weighted by Crippen LogP contribution is 2.17. The third-order valence-corrected chi connectivity index (χ3v) is 11.1. The molecule has 1 amide bonds. The van der Waals surface area contributed by atoms with E-state index in [-0.39, 0.29) is 24.9 Å². The molecular formula is C54H95NO5. The van der Waals surface area contributed by atoms with Gasteiger partial charge in [-0.2, -0.15) is 0 Å². The number of ether oxygens (including phenoxy) is 1. The van der Waals surface area contributed by atoms with Gasteiger partial charge in [-0.05, 0) is 77.0 Å². The van der Waals surface area contributed by atoms with Gasteiger partial charge in [0.05, 0.1) is 25.2 Å². The SMILES string of the molecule is CC/C=C/C=C/C=C/CCCCCCCC(CC(=O)NC(CO)C(O)CCCCCCCCCCCCCCCC)OC(=O)CCCCCC/C=C/C/C=C/C/C=C/CC. The summed E-state index contributed by atoms with van der Waals surface area (Å²) in [5.41, 5.74) is 0. The van der Waals surface area contributed by atoms with E-state index in [0.717, 1.165) is 116 Å². The average molecular weight is 838 g/mol. The highest BCUT2D eigenvalue weighted by atomic mass is 16.5. The van der Waals surface area contributed by atoms with E-state index in [1.807, 2.05) is 0 Å². The van der Waals surface area contributed by atoms with Gasteiger partial charge >= 0.3 is 5.97 Å². The summed E-state index contributed by atoms with van der Waals surface area (Å²) < 4.78 is 5.91. The molecule has 60 heavy (non-hydrogen) atoms. The third kappa shape index (κ3) is 42.0. The van der Waals surface area contributed by atoms with Crippen LogP contribution in [0.1, 0.15) is 233 Å². The smallest absolute Gasteiger partial charge is 0.306 e. The lowest BCUT2D eigenvalue weighted by Crippen LogP contribution is -2.46. The van der Waals surface area contributed by atoms with Crippen molar-refractivity contribution < 1.29 is 24.5 Å². The molecule has 0 heterocycles. The maximum Gasteiger partial charge on any atom is 0.306 e. The summed E-state index contributed by atoms with van der Waals surface area (Å²) in [6, 6.07) is -0.715. The minimum absolute atomic E-state index is 0.0521. The van der Waals surface area contributed by atoms with Crippen molar-refractivity contribution >= 4 is 11.9 Å². The number of nitrogens with one attached hydrogen (secondary N) is 1. The van der Waals surface area contributed by atoms with E-state index in [1.165, 1.54) is 70.6 Å². The van der Waals surface area contributed by atoms with Crippen LogP contribution in [-0.2, 0) is 14.3 Å². The number of hydrogen-bond donors (Lipinski definition) is 3. The van der Waals surface area contributed by atoms with Crippen molar-refractivity contribution in [3.05, 3.63) is 72.9 Å². The van der Waals surface area contributed by atoms with Crippen molar-refractivity contribution in [3.63, 3.8) is 0 Å².